The van der Waals surface area contributed by atoms with E-state index in [0.29, 0.717) is 17.1 Å². The molecule has 0 unspecified atom stereocenters. The van der Waals surface area contributed by atoms with Crippen molar-refractivity contribution in [3.05, 3.63) is 41.2 Å². The van der Waals surface area contributed by atoms with E-state index in [2.05, 4.69) is 14.9 Å². The second-order valence-corrected chi connectivity index (χ2v) is 5.99. The summed E-state index contributed by atoms with van der Waals surface area (Å²) in [5.74, 6) is -0.608. The van der Waals surface area contributed by atoms with Crippen molar-refractivity contribution in [2.45, 2.75) is 18.7 Å². The lowest BCUT2D eigenvalue weighted by Gasteiger charge is -2.08. The molecule has 0 spiro atoms. The summed E-state index contributed by atoms with van der Waals surface area (Å²) in [6.07, 6.45) is 0. The highest BCUT2D eigenvalue weighted by molar-refractivity contribution is 7.92. The van der Waals surface area contributed by atoms with Crippen molar-refractivity contribution in [3.8, 4) is 0 Å². The van der Waals surface area contributed by atoms with E-state index < -0.39 is 15.9 Å². The summed E-state index contributed by atoms with van der Waals surface area (Å²) in [7, 11) is -3.73. The number of nitrogens with zero attached hydrogens (tertiary/aromatic N) is 1. The normalized spacial score (nSPS) is 11.3. The lowest BCUT2D eigenvalue weighted by atomic mass is 10.2. The van der Waals surface area contributed by atoms with E-state index >= 15 is 0 Å². The topological polar surface area (TPSA) is 118 Å². The van der Waals surface area contributed by atoms with Gasteiger partial charge in [0.1, 0.15) is 0 Å². The molecule has 1 aromatic carbocycles. The number of nitrogens with one attached hydrogen (secondary N) is 2. The van der Waals surface area contributed by atoms with Crippen molar-refractivity contribution >= 4 is 21.6 Å². The van der Waals surface area contributed by atoms with E-state index in [4.69, 9.17) is 5.73 Å². The van der Waals surface area contributed by atoms with Crippen LogP contribution in [0.3, 0.4) is 0 Å². The van der Waals surface area contributed by atoms with E-state index in [1.807, 2.05) is 0 Å². The standard InChI is InChI=1S/C12H14N4O3S/c1-7-11(8(2)15-14-7)16-20(18,19)10-5-3-9(4-6-10)12(13)17/h3-6,16H,1-2H3,(H2,13,17)(H,14,15). The van der Waals surface area contributed by atoms with Gasteiger partial charge in [-0.1, -0.05) is 0 Å². The molecule has 0 aliphatic heterocycles. The largest absolute Gasteiger partial charge is 0.366 e. The summed E-state index contributed by atoms with van der Waals surface area (Å²) in [6.45, 7) is 3.41. The Balaban J connectivity index is 2.33. The van der Waals surface area contributed by atoms with Gasteiger partial charge in [0.05, 0.1) is 22.0 Å². The molecule has 20 heavy (non-hydrogen) atoms. The van der Waals surface area contributed by atoms with Crippen molar-refractivity contribution in [2.24, 2.45) is 5.73 Å². The lowest BCUT2D eigenvalue weighted by Crippen LogP contribution is -2.15. The summed E-state index contributed by atoms with van der Waals surface area (Å²) < 4.78 is 26.9. The molecule has 0 fully saturated rings. The van der Waals surface area contributed by atoms with Crippen LogP contribution < -0.4 is 10.5 Å². The molecule has 7 nitrogen and oxygen atoms in total. The first-order chi connectivity index (χ1) is 9.31. The van der Waals surface area contributed by atoms with Gasteiger partial charge in [0.2, 0.25) is 5.91 Å². The number of aromatic nitrogens is 2. The minimum Gasteiger partial charge on any atom is -0.366 e. The Hall–Kier alpha value is -2.35. The summed E-state index contributed by atoms with van der Waals surface area (Å²) in [5, 5.41) is 6.62. The Labute approximate surface area is 116 Å². The maximum absolute atomic E-state index is 12.2. The van der Waals surface area contributed by atoms with E-state index in [-0.39, 0.29) is 10.5 Å². The molecule has 1 amide bonds. The molecule has 8 heteroatoms. The van der Waals surface area contributed by atoms with Crippen LogP contribution in [0.2, 0.25) is 0 Å². The molecule has 106 valence electrons. The molecule has 4 N–H and O–H groups in total. The maximum Gasteiger partial charge on any atom is 0.262 e. The number of sulfonamides is 1. The number of anilines is 1. The quantitative estimate of drug-likeness (QED) is 0.777. The Kier molecular flexibility index (Phi) is 3.49. The van der Waals surface area contributed by atoms with Gasteiger partial charge in [-0.05, 0) is 38.1 Å². The average Bonchev–Trinajstić information content (AvgIpc) is 2.70. The zero-order chi connectivity index (χ0) is 14.9. The van der Waals surface area contributed by atoms with Crippen LogP contribution in [0.1, 0.15) is 21.7 Å². The fraction of sp³-hybridized carbons (Fsp3) is 0.167. The van der Waals surface area contributed by atoms with Gasteiger partial charge in [-0.3, -0.25) is 14.6 Å². The zero-order valence-corrected chi connectivity index (χ0v) is 11.8. The van der Waals surface area contributed by atoms with Gasteiger partial charge in [-0.2, -0.15) is 5.10 Å². The van der Waals surface area contributed by atoms with Crippen LogP contribution in [0, 0.1) is 13.8 Å². The third kappa shape index (κ3) is 2.64. The summed E-state index contributed by atoms with van der Waals surface area (Å²) >= 11 is 0. The lowest BCUT2D eigenvalue weighted by molar-refractivity contribution is 0.1000. The smallest absolute Gasteiger partial charge is 0.262 e. The number of benzene rings is 1. The SMILES string of the molecule is Cc1n[nH]c(C)c1NS(=O)(=O)c1ccc(C(N)=O)cc1. The van der Waals surface area contributed by atoms with Crippen molar-refractivity contribution < 1.29 is 13.2 Å². The van der Waals surface area contributed by atoms with E-state index in [0.717, 1.165) is 0 Å². The highest BCUT2D eigenvalue weighted by Gasteiger charge is 2.18. The molecule has 0 aliphatic carbocycles. The van der Waals surface area contributed by atoms with Crippen molar-refractivity contribution in [1.82, 2.24) is 10.2 Å². The van der Waals surface area contributed by atoms with Crippen molar-refractivity contribution in [2.75, 3.05) is 4.72 Å². The zero-order valence-electron chi connectivity index (χ0n) is 11.0. The van der Waals surface area contributed by atoms with E-state index in [1.54, 1.807) is 13.8 Å². The Bertz CT molecular complexity index is 728. The molecule has 0 radical (unpaired) electrons. The summed E-state index contributed by atoms with van der Waals surface area (Å²) in [4.78, 5) is 11.0. The predicted octanol–water partition coefficient (Wildman–Crippen LogP) is 0.926. The fourth-order valence-electron chi connectivity index (χ4n) is 1.69. The average molecular weight is 294 g/mol. The maximum atomic E-state index is 12.2. The number of nitrogens with two attached hydrogens (primary N) is 1. The van der Waals surface area contributed by atoms with Crippen LogP contribution in [0.25, 0.3) is 0 Å². The monoisotopic (exact) mass is 294 g/mol. The van der Waals surface area contributed by atoms with Gasteiger partial charge < -0.3 is 5.73 Å². The van der Waals surface area contributed by atoms with Gasteiger partial charge in [0.25, 0.3) is 10.0 Å². The van der Waals surface area contributed by atoms with Gasteiger partial charge in [0.15, 0.2) is 0 Å². The van der Waals surface area contributed by atoms with Gasteiger partial charge >= 0.3 is 0 Å². The number of amides is 1. The summed E-state index contributed by atoms with van der Waals surface area (Å²) in [6, 6.07) is 5.39. The molecule has 2 aromatic rings. The number of carbonyl (C=O) groups excluding carboxylic acids is 1. The number of H-pyrrole nitrogens is 1. The summed E-state index contributed by atoms with van der Waals surface area (Å²) in [5.41, 5.74) is 6.96. The van der Waals surface area contributed by atoms with Crippen LogP contribution in [-0.2, 0) is 10.0 Å². The second-order valence-electron chi connectivity index (χ2n) is 4.30. The van der Waals surface area contributed by atoms with Gasteiger partial charge in [-0.25, -0.2) is 8.42 Å². The van der Waals surface area contributed by atoms with Crippen molar-refractivity contribution in [1.29, 1.82) is 0 Å². The minimum atomic E-state index is -3.73. The predicted molar refractivity (Wildman–Crippen MR) is 73.8 cm³/mol. The number of rotatable bonds is 4. The Morgan fingerprint density at radius 1 is 1.25 bits per heavy atom. The third-order valence-electron chi connectivity index (χ3n) is 2.81. The molecule has 0 saturated heterocycles. The fourth-order valence-corrected chi connectivity index (χ4v) is 2.87. The molecule has 2 rings (SSSR count). The van der Waals surface area contributed by atoms with Crippen molar-refractivity contribution in [3.63, 3.8) is 0 Å². The van der Waals surface area contributed by atoms with Crippen LogP contribution in [0.4, 0.5) is 5.69 Å². The molecule has 0 aliphatic rings. The third-order valence-corrected chi connectivity index (χ3v) is 4.18. The molecule has 0 bridgehead atoms. The highest BCUT2D eigenvalue weighted by Crippen LogP contribution is 2.21. The molecular weight excluding hydrogens is 280 g/mol. The molecule has 1 heterocycles. The number of hydrogen-bond donors (Lipinski definition) is 3. The van der Waals surface area contributed by atoms with Gasteiger partial charge in [-0.15, -0.1) is 0 Å². The number of aromatic amines is 1. The van der Waals surface area contributed by atoms with Crippen LogP contribution in [0.15, 0.2) is 29.2 Å². The molecular formula is C12H14N4O3S. The number of carbonyl (C=O) groups is 1. The highest BCUT2D eigenvalue weighted by atomic mass is 32.2. The second kappa shape index (κ2) is 4.97. The number of primary amides is 1. The first kappa shape index (κ1) is 14.1. The van der Waals surface area contributed by atoms with Gasteiger partial charge in [0, 0.05) is 5.56 Å². The minimum absolute atomic E-state index is 0.0440. The Morgan fingerprint density at radius 3 is 2.30 bits per heavy atom. The molecule has 1 aromatic heterocycles. The van der Waals surface area contributed by atoms with Crippen LogP contribution >= 0.6 is 0 Å². The van der Waals surface area contributed by atoms with E-state index in [9.17, 15) is 13.2 Å². The first-order valence-corrected chi connectivity index (χ1v) is 7.24. The Morgan fingerprint density at radius 2 is 1.85 bits per heavy atom. The number of hydrogen-bond acceptors (Lipinski definition) is 4. The van der Waals surface area contributed by atoms with E-state index in [1.165, 1.54) is 24.3 Å². The van der Waals surface area contributed by atoms with Crippen LogP contribution in [-0.4, -0.2) is 24.5 Å². The number of aryl methyl sites for hydroxylation is 2. The first-order valence-electron chi connectivity index (χ1n) is 5.75. The molecule has 0 atom stereocenters. The van der Waals surface area contributed by atoms with Crippen LogP contribution in [0.5, 0.6) is 0 Å². The molecule has 0 saturated carbocycles.